The summed E-state index contributed by atoms with van der Waals surface area (Å²) in [6.45, 7) is 1.20. The molecule has 6 N–H and O–H groups in total. The molecule has 9 rings (SSSR count). The largest absolute Gasteiger partial charge is 0.506 e. The van der Waals surface area contributed by atoms with E-state index in [1.807, 2.05) is 0 Å². The van der Waals surface area contributed by atoms with Crippen molar-refractivity contribution in [1.82, 2.24) is 15.0 Å². The van der Waals surface area contributed by atoms with Gasteiger partial charge in [-0.15, -0.1) is 30.7 Å². The van der Waals surface area contributed by atoms with Gasteiger partial charge in [0.1, 0.15) is 49.4 Å². The third kappa shape index (κ3) is 9.91. The first-order chi connectivity index (χ1) is 33.2. The quantitative estimate of drug-likeness (QED) is 0.0376. The van der Waals surface area contributed by atoms with E-state index in [1.165, 1.54) is 60.4 Å². The first-order valence-corrected chi connectivity index (χ1v) is 24.5. The first-order valence-electron chi connectivity index (χ1n) is 20.2. The van der Waals surface area contributed by atoms with Crippen molar-refractivity contribution >= 4 is 108 Å². The number of aromatic hydroxyl groups is 2. The average molecular weight is 1070 g/mol. The van der Waals surface area contributed by atoms with Gasteiger partial charge in [-0.05, 0) is 96.1 Å². The van der Waals surface area contributed by atoms with Crippen LogP contribution in [0.1, 0.15) is 11.1 Å². The number of rotatable bonds is 12. The molecule has 365 valence electrons. The van der Waals surface area contributed by atoms with Crippen molar-refractivity contribution in [3.05, 3.63) is 126 Å². The van der Waals surface area contributed by atoms with Crippen molar-refractivity contribution in [3.63, 3.8) is 0 Å². The second kappa shape index (κ2) is 18.9. The van der Waals surface area contributed by atoms with Crippen LogP contribution in [0, 0.1) is 6.92 Å². The predicted molar refractivity (Wildman–Crippen MR) is 253 cm³/mol. The SMILES string of the molecule is COc1cc(N=Nc2ccc3cccc(S(=O)(=O)O)c3c2)c(C)cc1N=Nc1cc(O)c(N=Nc2ccc3cc(-n4nc5ccc6c(S(=O)(=O)O)cc(S(=O)(=O)O)cc6c5n4)ccc3c2O)cc1CO.[Cu]. The Hall–Kier alpha value is -7.65. The number of aryl methyl sites for hydroxylation is 1. The van der Waals surface area contributed by atoms with E-state index >= 15 is 0 Å². The van der Waals surface area contributed by atoms with Gasteiger partial charge in [-0.1, -0.05) is 30.3 Å². The van der Waals surface area contributed by atoms with Crippen molar-refractivity contribution in [2.75, 3.05) is 7.11 Å². The summed E-state index contributed by atoms with van der Waals surface area (Å²) < 4.78 is 107. The van der Waals surface area contributed by atoms with Crippen LogP contribution in [0.3, 0.4) is 0 Å². The van der Waals surface area contributed by atoms with Gasteiger partial charge in [0.15, 0.2) is 5.75 Å². The fourth-order valence-electron chi connectivity index (χ4n) is 7.49. The monoisotopic (exact) mass is 1070 g/mol. The summed E-state index contributed by atoms with van der Waals surface area (Å²) >= 11 is 0. The van der Waals surface area contributed by atoms with Crippen LogP contribution in [0.2, 0.25) is 0 Å². The van der Waals surface area contributed by atoms with Gasteiger partial charge in [0.05, 0.1) is 41.4 Å². The minimum Gasteiger partial charge on any atom is -0.506 e. The minimum atomic E-state index is -4.93. The molecule has 0 bridgehead atoms. The summed E-state index contributed by atoms with van der Waals surface area (Å²) in [5, 5.41) is 68.2. The van der Waals surface area contributed by atoms with Crippen molar-refractivity contribution in [1.29, 1.82) is 0 Å². The summed E-state index contributed by atoms with van der Waals surface area (Å²) in [5.41, 5.74) is 2.48. The van der Waals surface area contributed by atoms with Crippen LogP contribution < -0.4 is 4.74 Å². The van der Waals surface area contributed by atoms with E-state index in [0.29, 0.717) is 44.9 Å². The Balaban J connectivity index is 0.00000676. The molecule has 1 radical (unpaired) electrons. The number of hydrogen-bond donors (Lipinski definition) is 6. The number of aliphatic hydroxyl groups excluding tert-OH is 1. The molecule has 0 spiro atoms. The molecule has 0 fully saturated rings. The molecule has 0 atom stereocenters. The summed E-state index contributed by atoms with van der Waals surface area (Å²) in [4.78, 5) is -0.606. The fraction of sp³-hybridized carbons (Fsp3) is 0.0667. The summed E-state index contributed by atoms with van der Waals surface area (Å²) in [6.07, 6.45) is 0. The summed E-state index contributed by atoms with van der Waals surface area (Å²) in [6, 6.07) is 27.2. The molecule has 9 aromatic rings. The number of aromatic nitrogens is 3. The maximum absolute atomic E-state index is 12.2. The van der Waals surface area contributed by atoms with E-state index < -0.39 is 46.8 Å². The third-order valence-electron chi connectivity index (χ3n) is 10.9. The van der Waals surface area contributed by atoms with E-state index in [9.17, 15) is 54.2 Å². The van der Waals surface area contributed by atoms with E-state index in [4.69, 9.17) is 4.74 Å². The molecule has 0 aliphatic heterocycles. The smallest absolute Gasteiger partial charge is 0.295 e. The molecule has 22 nitrogen and oxygen atoms in total. The molecular formula is C45H33CuN9O13S3. The second-order valence-electron chi connectivity index (χ2n) is 15.4. The summed E-state index contributed by atoms with van der Waals surface area (Å²) in [5.74, 6) is -0.410. The van der Waals surface area contributed by atoms with Crippen LogP contribution in [0.25, 0.3) is 49.0 Å². The number of benzene rings is 8. The predicted octanol–water partition coefficient (Wildman–Crippen LogP) is 10.1. The number of hydrogen-bond acceptors (Lipinski definition) is 18. The normalized spacial score (nSPS) is 12.6. The van der Waals surface area contributed by atoms with Crippen molar-refractivity contribution in [2.45, 2.75) is 28.2 Å². The van der Waals surface area contributed by atoms with Crippen LogP contribution in [0.15, 0.2) is 161 Å². The van der Waals surface area contributed by atoms with E-state index in [0.717, 1.165) is 6.07 Å². The zero-order valence-corrected chi connectivity index (χ0v) is 39.7. The molecule has 71 heavy (non-hydrogen) atoms. The molecular weight excluding hydrogens is 1030 g/mol. The van der Waals surface area contributed by atoms with Gasteiger partial charge in [-0.3, -0.25) is 13.7 Å². The Labute approximate surface area is 412 Å². The minimum absolute atomic E-state index is 0. The second-order valence-corrected chi connectivity index (χ2v) is 19.6. The Kier molecular flexibility index (Phi) is 13.3. The van der Waals surface area contributed by atoms with Gasteiger partial charge >= 0.3 is 0 Å². The third-order valence-corrected chi connectivity index (χ3v) is 13.6. The Morgan fingerprint density at radius 2 is 1.27 bits per heavy atom. The number of fused-ring (bicyclic) bond motifs is 5. The number of ether oxygens (including phenoxy) is 1. The molecule has 0 saturated carbocycles. The fourth-order valence-corrected chi connectivity index (χ4v) is 9.54. The molecule has 26 heteroatoms. The molecule has 1 aromatic heterocycles. The van der Waals surface area contributed by atoms with Crippen molar-refractivity contribution in [3.8, 4) is 22.9 Å². The van der Waals surface area contributed by atoms with Crippen molar-refractivity contribution in [2.24, 2.45) is 30.7 Å². The molecule has 0 aliphatic carbocycles. The van der Waals surface area contributed by atoms with Crippen LogP contribution in [-0.4, -0.2) is 76.3 Å². The Bertz CT molecular complexity index is 4130. The van der Waals surface area contributed by atoms with E-state index in [1.54, 1.807) is 61.5 Å². The molecule has 1 heterocycles. The van der Waals surface area contributed by atoms with Gasteiger partial charge in [0.25, 0.3) is 30.4 Å². The Morgan fingerprint density at radius 1 is 0.577 bits per heavy atom. The number of phenolic OH excluding ortho intramolecular Hbond substituents is 2. The van der Waals surface area contributed by atoms with Crippen LogP contribution in [0.5, 0.6) is 17.2 Å². The first kappa shape index (κ1) is 49.8. The van der Waals surface area contributed by atoms with Crippen molar-refractivity contribution < 1.29 is 76.0 Å². The summed E-state index contributed by atoms with van der Waals surface area (Å²) in [7, 11) is -12.9. The maximum atomic E-state index is 12.2. The van der Waals surface area contributed by atoms with Gasteiger partial charge < -0.3 is 20.1 Å². The molecule has 0 saturated heterocycles. The molecule has 0 unspecified atom stereocenters. The Morgan fingerprint density at radius 3 is 1.99 bits per heavy atom. The van der Waals surface area contributed by atoms with Gasteiger partial charge in [-0.2, -0.15) is 40.3 Å². The van der Waals surface area contributed by atoms with Crippen LogP contribution >= 0.6 is 0 Å². The number of methoxy groups -OCH3 is 1. The maximum Gasteiger partial charge on any atom is 0.295 e. The van der Waals surface area contributed by atoms with E-state index in [-0.39, 0.29) is 94.7 Å². The zero-order valence-electron chi connectivity index (χ0n) is 36.3. The van der Waals surface area contributed by atoms with Crippen LogP contribution in [-0.2, 0) is 54.0 Å². The number of nitrogens with zero attached hydrogens (tertiary/aromatic N) is 9. The molecule has 0 aliphatic rings. The van der Waals surface area contributed by atoms with Gasteiger partial charge in [0, 0.05) is 56.3 Å². The molecule has 8 aromatic carbocycles. The zero-order chi connectivity index (χ0) is 49.9. The number of azo groups is 3. The number of phenols is 2. The van der Waals surface area contributed by atoms with Gasteiger partial charge in [-0.25, -0.2) is 0 Å². The van der Waals surface area contributed by atoms with Crippen LogP contribution in [0.4, 0.5) is 34.1 Å². The topological polar surface area (TPSA) is 338 Å². The standard InChI is InChI=1S/C45H33N9O13S3.Cu/c1-23-14-39(41(67-2)21-36(23)48-46-27-8-6-24-4-3-5-42(32(24)17-27)69(61,62)63)51-49-37-20-40(56)38(16-26(37)22-55)50-47-35-12-7-25-15-28(9-10-30(25)45(35)57)54-52-34-13-11-31-33(44(34)53-54)18-29(68(58,59)60)19-43(31)70(64,65)66;/h3-21,55-57H,22H2,1-2H3,(H,58,59,60)(H,61,62,63)(H,64,65,66);. The van der Waals surface area contributed by atoms with Gasteiger partial charge in [0.2, 0.25) is 0 Å². The number of aliphatic hydroxyl groups is 1. The average Bonchev–Trinajstić information content (AvgIpc) is 3.77. The van der Waals surface area contributed by atoms with E-state index in [2.05, 4.69) is 40.9 Å². The molecule has 0 amide bonds.